The molecule has 0 spiro atoms. The molecule has 0 amide bonds. The molecule has 0 unspecified atom stereocenters. The molecule has 0 atom stereocenters. The molecule has 3 N–H and O–H groups in total. The van der Waals surface area contributed by atoms with Crippen molar-refractivity contribution in [3.63, 3.8) is 0 Å². The quantitative estimate of drug-likeness (QED) is 0.878. The van der Waals surface area contributed by atoms with E-state index in [0.29, 0.717) is 12.4 Å². The number of rotatable bonds is 5. The highest BCUT2D eigenvalue weighted by Gasteiger charge is 2.13. The van der Waals surface area contributed by atoms with E-state index in [-0.39, 0.29) is 5.92 Å². The van der Waals surface area contributed by atoms with Crippen LogP contribution in [0.15, 0.2) is 12.5 Å². The Kier molecular flexibility index (Phi) is 4.31. The average Bonchev–Trinajstić information content (AvgIpc) is 2.83. The van der Waals surface area contributed by atoms with E-state index in [9.17, 15) is 0 Å². The predicted octanol–water partition coefficient (Wildman–Crippen LogP) is 2.81. The topological polar surface area (TPSA) is 76.7 Å². The van der Waals surface area contributed by atoms with Crippen molar-refractivity contribution < 1.29 is 0 Å². The van der Waals surface area contributed by atoms with Crippen LogP contribution in [0.2, 0.25) is 0 Å². The highest BCUT2D eigenvalue weighted by Crippen LogP contribution is 2.26. The normalized spacial score (nSPS) is 10.9. The third kappa shape index (κ3) is 3.20. The Balaban J connectivity index is 2.13. The van der Waals surface area contributed by atoms with Crippen LogP contribution in [0.4, 0.5) is 11.6 Å². The van der Waals surface area contributed by atoms with Gasteiger partial charge in [-0.15, -0.1) is 11.3 Å². The molecule has 2 rings (SSSR count). The summed E-state index contributed by atoms with van der Waals surface area (Å²) in [5.41, 5.74) is 6.88. The van der Waals surface area contributed by atoms with Gasteiger partial charge in [0.2, 0.25) is 0 Å². The molecule has 0 aromatic carbocycles. The molecule has 0 radical (unpaired) electrons. The van der Waals surface area contributed by atoms with Crippen molar-refractivity contribution in [1.82, 2.24) is 15.0 Å². The van der Waals surface area contributed by atoms with Crippen LogP contribution in [-0.4, -0.2) is 15.0 Å². The first-order chi connectivity index (χ1) is 9.11. The summed E-state index contributed by atoms with van der Waals surface area (Å²) in [6, 6.07) is 0. The number of hydrogen-bond donors (Lipinski definition) is 2. The average molecular weight is 277 g/mol. The summed E-state index contributed by atoms with van der Waals surface area (Å²) < 4.78 is 0. The lowest BCUT2D eigenvalue weighted by Crippen LogP contribution is -2.09. The van der Waals surface area contributed by atoms with Gasteiger partial charge in [0, 0.05) is 16.6 Å². The summed E-state index contributed by atoms with van der Waals surface area (Å²) in [5, 5.41) is 4.36. The fourth-order valence-electron chi connectivity index (χ4n) is 1.87. The number of thiazole rings is 1. The van der Waals surface area contributed by atoms with Crippen molar-refractivity contribution in [3.8, 4) is 0 Å². The molecular weight excluding hydrogens is 258 g/mol. The van der Waals surface area contributed by atoms with Crippen molar-refractivity contribution >= 4 is 23.0 Å². The molecule has 0 aliphatic heterocycles. The number of aryl methyl sites for hydroxylation is 1. The number of nitrogens with zero attached hydrogens (tertiary/aromatic N) is 3. The number of aromatic nitrogens is 3. The number of hydrogen-bond acceptors (Lipinski definition) is 6. The lowest BCUT2D eigenvalue weighted by Gasteiger charge is -2.14. The van der Waals surface area contributed by atoms with E-state index in [2.05, 4.69) is 41.0 Å². The second kappa shape index (κ2) is 5.97. The molecule has 0 fully saturated rings. The maximum atomic E-state index is 5.91. The summed E-state index contributed by atoms with van der Waals surface area (Å²) in [5.74, 6) is 1.63. The van der Waals surface area contributed by atoms with Crippen LogP contribution < -0.4 is 11.1 Å². The van der Waals surface area contributed by atoms with E-state index in [1.54, 1.807) is 11.3 Å². The van der Waals surface area contributed by atoms with Gasteiger partial charge in [0.15, 0.2) is 0 Å². The maximum Gasteiger partial charge on any atom is 0.135 e. The number of nitrogens with two attached hydrogens (primary N) is 1. The van der Waals surface area contributed by atoms with Crippen LogP contribution in [0.25, 0.3) is 0 Å². The monoisotopic (exact) mass is 277 g/mol. The van der Waals surface area contributed by atoms with E-state index in [1.807, 2.05) is 6.20 Å². The molecule has 102 valence electrons. The van der Waals surface area contributed by atoms with Crippen LogP contribution in [0, 0.1) is 0 Å². The third-order valence-corrected chi connectivity index (χ3v) is 3.99. The van der Waals surface area contributed by atoms with Gasteiger partial charge in [-0.05, 0) is 12.3 Å². The zero-order valence-corrected chi connectivity index (χ0v) is 12.3. The summed E-state index contributed by atoms with van der Waals surface area (Å²) in [4.78, 5) is 14.0. The van der Waals surface area contributed by atoms with Gasteiger partial charge in [0.25, 0.3) is 0 Å². The van der Waals surface area contributed by atoms with Crippen LogP contribution in [0.1, 0.15) is 42.1 Å². The zero-order valence-electron chi connectivity index (χ0n) is 11.5. The van der Waals surface area contributed by atoms with Crippen molar-refractivity contribution in [2.45, 2.75) is 39.7 Å². The Morgan fingerprint density at radius 2 is 2.11 bits per heavy atom. The molecule has 6 heteroatoms. The van der Waals surface area contributed by atoms with Crippen LogP contribution in [0.3, 0.4) is 0 Å². The van der Waals surface area contributed by atoms with Gasteiger partial charge >= 0.3 is 0 Å². The summed E-state index contributed by atoms with van der Waals surface area (Å²) in [7, 11) is 0. The SMILES string of the molecule is CCc1cnc(CNc2ncnc(N)c2C(C)C)s1. The van der Waals surface area contributed by atoms with Gasteiger partial charge in [0.1, 0.15) is 23.0 Å². The Morgan fingerprint density at radius 3 is 2.74 bits per heavy atom. The Labute approximate surface area is 117 Å². The molecule has 2 aromatic rings. The molecule has 0 saturated heterocycles. The van der Waals surface area contributed by atoms with Crippen LogP contribution >= 0.6 is 11.3 Å². The summed E-state index contributed by atoms with van der Waals surface area (Å²) in [6.07, 6.45) is 4.44. The van der Waals surface area contributed by atoms with E-state index in [4.69, 9.17) is 5.73 Å². The minimum atomic E-state index is 0.284. The van der Waals surface area contributed by atoms with Gasteiger partial charge in [-0.3, -0.25) is 0 Å². The van der Waals surface area contributed by atoms with E-state index < -0.39 is 0 Å². The number of anilines is 2. The minimum absolute atomic E-state index is 0.284. The molecule has 0 saturated carbocycles. The van der Waals surface area contributed by atoms with Crippen molar-refractivity contribution in [2.75, 3.05) is 11.1 Å². The van der Waals surface area contributed by atoms with Crippen molar-refractivity contribution in [1.29, 1.82) is 0 Å². The van der Waals surface area contributed by atoms with Gasteiger partial charge in [-0.25, -0.2) is 15.0 Å². The number of nitrogens with one attached hydrogen (secondary N) is 1. The molecule has 0 aliphatic carbocycles. The third-order valence-electron chi connectivity index (χ3n) is 2.85. The van der Waals surface area contributed by atoms with E-state index in [0.717, 1.165) is 22.8 Å². The highest BCUT2D eigenvalue weighted by molar-refractivity contribution is 7.11. The molecular formula is C13H19N5S. The highest BCUT2D eigenvalue weighted by atomic mass is 32.1. The van der Waals surface area contributed by atoms with E-state index in [1.165, 1.54) is 11.2 Å². The first-order valence-corrected chi connectivity index (χ1v) is 7.21. The van der Waals surface area contributed by atoms with Crippen LogP contribution in [-0.2, 0) is 13.0 Å². The lowest BCUT2D eigenvalue weighted by atomic mass is 10.0. The fourth-order valence-corrected chi connectivity index (χ4v) is 2.67. The van der Waals surface area contributed by atoms with Gasteiger partial charge in [0.05, 0.1) is 6.54 Å². The van der Waals surface area contributed by atoms with Crippen molar-refractivity contribution in [2.24, 2.45) is 0 Å². The molecule has 19 heavy (non-hydrogen) atoms. The molecule has 2 heterocycles. The molecule has 0 aliphatic rings. The fraction of sp³-hybridized carbons (Fsp3) is 0.462. The first kappa shape index (κ1) is 13.7. The summed E-state index contributed by atoms with van der Waals surface area (Å²) in [6.45, 7) is 6.96. The molecule has 5 nitrogen and oxygen atoms in total. The Bertz CT molecular complexity index is 550. The lowest BCUT2D eigenvalue weighted by molar-refractivity contribution is 0.849. The smallest absolute Gasteiger partial charge is 0.135 e. The van der Waals surface area contributed by atoms with Gasteiger partial charge in [-0.2, -0.15) is 0 Å². The maximum absolute atomic E-state index is 5.91. The first-order valence-electron chi connectivity index (χ1n) is 6.39. The van der Waals surface area contributed by atoms with Crippen molar-refractivity contribution in [3.05, 3.63) is 28.0 Å². The standard InChI is InChI=1S/C13H19N5S/c1-4-9-5-15-10(19-9)6-16-13-11(8(2)3)12(14)17-7-18-13/h5,7-8H,4,6H2,1-3H3,(H3,14,16,17,18). The summed E-state index contributed by atoms with van der Waals surface area (Å²) >= 11 is 1.72. The van der Waals surface area contributed by atoms with Crippen LogP contribution in [0.5, 0.6) is 0 Å². The second-order valence-corrected chi connectivity index (χ2v) is 5.80. The Hall–Kier alpha value is -1.69. The zero-order chi connectivity index (χ0) is 13.8. The van der Waals surface area contributed by atoms with E-state index >= 15 is 0 Å². The second-order valence-electron chi connectivity index (χ2n) is 4.60. The molecule has 0 bridgehead atoms. The van der Waals surface area contributed by atoms with Gasteiger partial charge in [-0.1, -0.05) is 20.8 Å². The molecule has 2 aromatic heterocycles. The number of nitrogen functional groups attached to an aromatic ring is 1. The minimum Gasteiger partial charge on any atom is -0.383 e. The Morgan fingerprint density at radius 1 is 1.32 bits per heavy atom. The van der Waals surface area contributed by atoms with Gasteiger partial charge < -0.3 is 11.1 Å². The predicted molar refractivity (Wildman–Crippen MR) is 79.4 cm³/mol. The largest absolute Gasteiger partial charge is 0.383 e.